The fourth-order valence-electron chi connectivity index (χ4n) is 1.39. The van der Waals surface area contributed by atoms with Crippen LogP contribution < -0.4 is 0 Å². The number of ether oxygens (including phenoxy) is 1. The second-order valence-corrected chi connectivity index (χ2v) is 3.71. The van der Waals surface area contributed by atoms with Gasteiger partial charge in [-0.2, -0.15) is 0 Å². The summed E-state index contributed by atoms with van der Waals surface area (Å²) in [7, 11) is 0. The van der Waals surface area contributed by atoms with Crippen molar-refractivity contribution in [2.45, 2.75) is 51.9 Å². The molecule has 0 bridgehead atoms. The average Bonchev–Trinajstić information content (AvgIpc) is 2.26. The van der Waals surface area contributed by atoms with E-state index < -0.39 is 0 Å². The fraction of sp³-hybridized carbons (Fsp3) is 0.917. The van der Waals surface area contributed by atoms with Crippen LogP contribution in [0.15, 0.2) is 4.99 Å². The van der Waals surface area contributed by atoms with Gasteiger partial charge in [-0.3, -0.25) is 0 Å². The second kappa shape index (κ2) is 13.3. The summed E-state index contributed by atoms with van der Waals surface area (Å²) in [4.78, 5) is 13.3. The van der Waals surface area contributed by atoms with Crippen molar-refractivity contribution in [1.82, 2.24) is 0 Å². The van der Waals surface area contributed by atoms with Crippen LogP contribution in [0.2, 0.25) is 0 Å². The Morgan fingerprint density at radius 3 is 2.33 bits per heavy atom. The molecule has 0 aromatic carbocycles. The zero-order chi connectivity index (χ0) is 11.2. The highest BCUT2D eigenvalue weighted by atomic mass is 16.5. The predicted octanol–water partition coefficient (Wildman–Crippen LogP) is 3.09. The SMILES string of the molecule is CCCOCCCCCCCCN=C=O. The first-order valence-corrected chi connectivity index (χ1v) is 6.03. The van der Waals surface area contributed by atoms with E-state index in [0.29, 0.717) is 6.54 Å². The molecule has 0 atom stereocenters. The first-order valence-electron chi connectivity index (χ1n) is 6.03. The van der Waals surface area contributed by atoms with E-state index in [1.165, 1.54) is 32.1 Å². The second-order valence-electron chi connectivity index (χ2n) is 3.71. The molecule has 3 heteroatoms. The molecule has 0 aliphatic carbocycles. The fourth-order valence-corrected chi connectivity index (χ4v) is 1.39. The van der Waals surface area contributed by atoms with Gasteiger partial charge >= 0.3 is 0 Å². The van der Waals surface area contributed by atoms with Gasteiger partial charge in [-0.05, 0) is 19.3 Å². The maximum Gasteiger partial charge on any atom is 0.234 e. The van der Waals surface area contributed by atoms with Gasteiger partial charge in [0.15, 0.2) is 0 Å². The van der Waals surface area contributed by atoms with E-state index in [-0.39, 0.29) is 0 Å². The third kappa shape index (κ3) is 13.3. The molecule has 0 N–H and O–H groups in total. The van der Waals surface area contributed by atoms with Crippen LogP contribution in [0.25, 0.3) is 0 Å². The topological polar surface area (TPSA) is 38.7 Å². The number of rotatable bonds is 11. The lowest BCUT2D eigenvalue weighted by atomic mass is 10.1. The molecule has 0 radical (unpaired) electrons. The average molecular weight is 213 g/mol. The Morgan fingerprint density at radius 2 is 1.67 bits per heavy atom. The van der Waals surface area contributed by atoms with E-state index in [0.717, 1.165) is 26.1 Å². The number of isocyanates is 1. The Bertz CT molecular complexity index is 165. The summed E-state index contributed by atoms with van der Waals surface area (Å²) in [5, 5.41) is 0. The minimum atomic E-state index is 0.642. The lowest BCUT2D eigenvalue weighted by Gasteiger charge is -2.02. The quantitative estimate of drug-likeness (QED) is 0.300. The van der Waals surface area contributed by atoms with E-state index in [1.54, 1.807) is 6.08 Å². The first kappa shape index (κ1) is 14.3. The van der Waals surface area contributed by atoms with Crippen molar-refractivity contribution in [3.63, 3.8) is 0 Å². The van der Waals surface area contributed by atoms with Gasteiger partial charge in [-0.1, -0.05) is 32.6 Å². The van der Waals surface area contributed by atoms with Crippen molar-refractivity contribution in [3.8, 4) is 0 Å². The Balaban J connectivity index is 2.89. The van der Waals surface area contributed by atoms with Gasteiger partial charge in [0.1, 0.15) is 0 Å². The maximum atomic E-state index is 9.76. The monoisotopic (exact) mass is 213 g/mol. The Hall–Kier alpha value is -0.660. The van der Waals surface area contributed by atoms with Crippen LogP contribution in [-0.4, -0.2) is 25.8 Å². The molecule has 15 heavy (non-hydrogen) atoms. The largest absolute Gasteiger partial charge is 0.381 e. The van der Waals surface area contributed by atoms with E-state index >= 15 is 0 Å². The molecule has 0 aromatic heterocycles. The van der Waals surface area contributed by atoms with Gasteiger partial charge in [0.25, 0.3) is 0 Å². The summed E-state index contributed by atoms with van der Waals surface area (Å²) in [5.41, 5.74) is 0. The van der Waals surface area contributed by atoms with Gasteiger partial charge in [0.2, 0.25) is 6.08 Å². The van der Waals surface area contributed by atoms with Crippen LogP contribution in [0.4, 0.5) is 0 Å². The standard InChI is InChI=1S/C12H23NO2/c1-2-10-15-11-8-6-4-3-5-7-9-13-12-14/h2-11H2,1H3. The Morgan fingerprint density at radius 1 is 1.00 bits per heavy atom. The molecule has 0 fully saturated rings. The number of hydrogen-bond acceptors (Lipinski definition) is 3. The third-order valence-corrected chi connectivity index (χ3v) is 2.22. The summed E-state index contributed by atoms with van der Waals surface area (Å²) >= 11 is 0. The minimum Gasteiger partial charge on any atom is -0.381 e. The van der Waals surface area contributed by atoms with Gasteiger partial charge in [-0.15, -0.1) is 0 Å². The van der Waals surface area contributed by atoms with Crippen molar-refractivity contribution in [2.75, 3.05) is 19.8 Å². The molecule has 0 saturated carbocycles. The molecule has 0 aromatic rings. The van der Waals surface area contributed by atoms with Gasteiger partial charge < -0.3 is 4.74 Å². The molecule has 0 saturated heterocycles. The molecule has 0 spiro atoms. The minimum absolute atomic E-state index is 0.642. The van der Waals surface area contributed by atoms with Crippen LogP contribution in [-0.2, 0) is 9.53 Å². The van der Waals surface area contributed by atoms with Crippen LogP contribution in [0.3, 0.4) is 0 Å². The molecule has 0 aliphatic rings. The maximum absolute atomic E-state index is 9.76. The van der Waals surface area contributed by atoms with E-state index in [2.05, 4.69) is 11.9 Å². The van der Waals surface area contributed by atoms with Crippen molar-refractivity contribution in [2.24, 2.45) is 4.99 Å². The normalized spacial score (nSPS) is 9.93. The molecule has 0 aliphatic heterocycles. The summed E-state index contributed by atoms with van der Waals surface area (Å²) in [6, 6.07) is 0. The zero-order valence-corrected chi connectivity index (χ0v) is 9.83. The number of unbranched alkanes of at least 4 members (excludes halogenated alkanes) is 5. The molecule has 0 unspecified atom stereocenters. The van der Waals surface area contributed by atoms with Gasteiger partial charge in [0, 0.05) is 13.2 Å². The van der Waals surface area contributed by atoms with Crippen molar-refractivity contribution in [3.05, 3.63) is 0 Å². The summed E-state index contributed by atoms with van der Waals surface area (Å²) in [5.74, 6) is 0. The smallest absolute Gasteiger partial charge is 0.234 e. The van der Waals surface area contributed by atoms with Crippen molar-refractivity contribution in [1.29, 1.82) is 0 Å². The Kier molecular flexibility index (Phi) is 12.8. The summed E-state index contributed by atoms with van der Waals surface area (Å²) < 4.78 is 5.38. The Labute approximate surface area is 92.9 Å². The number of carbonyl (C=O) groups excluding carboxylic acids is 1. The first-order chi connectivity index (χ1) is 7.41. The summed E-state index contributed by atoms with van der Waals surface area (Å²) in [6.45, 7) is 4.57. The predicted molar refractivity (Wildman–Crippen MR) is 61.8 cm³/mol. The van der Waals surface area contributed by atoms with E-state index in [9.17, 15) is 4.79 Å². The van der Waals surface area contributed by atoms with Crippen LogP contribution in [0, 0.1) is 0 Å². The highest BCUT2D eigenvalue weighted by Gasteiger charge is 1.91. The molecular weight excluding hydrogens is 190 g/mol. The lowest BCUT2D eigenvalue weighted by Crippen LogP contribution is -1.95. The number of aliphatic imine (C=N–C) groups is 1. The molecule has 0 heterocycles. The van der Waals surface area contributed by atoms with Crippen molar-refractivity contribution >= 4 is 6.08 Å². The van der Waals surface area contributed by atoms with E-state index in [4.69, 9.17) is 4.74 Å². The lowest BCUT2D eigenvalue weighted by molar-refractivity contribution is 0.130. The molecule has 3 nitrogen and oxygen atoms in total. The molecular formula is C12H23NO2. The number of nitrogens with zero attached hydrogens (tertiary/aromatic N) is 1. The third-order valence-electron chi connectivity index (χ3n) is 2.22. The highest BCUT2D eigenvalue weighted by Crippen LogP contribution is 2.05. The number of hydrogen-bond donors (Lipinski definition) is 0. The van der Waals surface area contributed by atoms with Crippen LogP contribution in [0.1, 0.15) is 51.9 Å². The van der Waals surface area contributed by atoms with Gasteiger partial charge in [0.05, 0.1) is 6.54 Å². The van der Waals surface area contributed by atoms with E-state index in [1.807, 2.05) is 0 Å². The van der Waals surface area contributed by atoms with Gasteiger partial charge in [-0.25, -0.2) is 9.79 Å². The summed E-state index contributed by atoms with van der Waals surface area (Å²) in [6.07, 6.45) is 9.77. The molecule has 0 amide bonds. The zero-order valence-electron chi connectivity index (χ0n) is 9.83. The highest BCUT2D eigenvalue weighted by molar-refractivity contribution is 5.32. The van der Waals surface area contributed by atoms with Crippen LogP contribution >= 0.6 is 0 Å². The molecule has 88 valence electrons. The van der Waals surface area contributed by atoms with Crippen molar-refractivity contribution < 1.29 is 9.53 Å². The van der Waals surface area contributed by atoms with Crippen LogP contribution in [0.5, 0.6) is 0 Å². The molecule has 0 rings (SSSR count).